The Bertz CT molecular complexity index is 423. The largest absolute Gasteiger partial charge is 0.466 e. The molecule has 1 unspecified atom stereocenters. The van der Waals surface area contributed by atoms with E-state index in [1.807, 2.05) is 0 Å². The molecule has 0 aromatic carbocycles. The fourth-order valence-corrected chi connectivity index (χ4v) is 2.83. The predicted molar refractivity (Wildman–Crippen MR) is 73.4 cm³/mol. The molecule has 1 fully saturated rings. The molecule has 1 amide bonds. The summed E-state index contributed by atoms with van der Waals surface area (Å²) >= 11 is 4.18. The molecular formula is C11H14BrNO5S. The van der Waals surface area contributed by atoms with Crippen LogP contribution >= 0.6 is 27.7 Å². The first-order chi connectivity index (χ1) is 8.99. The van der Waals surface area contributed by atoms with Gasteiger partial charge in [-0.15, -0.1) is 0 Å². The number of rotatable bonds is 5. The Hall–Kier alpha value is -1.02. The molecule has 6 nitrogen and oxygen atoms in total. The number of nitrogens with one attached hydrogen (secondary N) is 1. The summed E-state index contributed by atoms with van der Waals surface area (Å²) < 4.78 is 9.74. The first-order valence-corrected chi connectivity index (χ1v) is 7.36. The third-order valence-corrected chi connectivity index (χ3v) is 4.29. The minimum atomic E-state index is -0.587. The highest BCUT2D eigenvalue weighted by atomic mass is 79.9. The van der Waals surface area contributed by atoms with Crippen LogP contribution in [0.3, 0.4) is 0 Å². The Labute approximate surface area is 123 Å². The zero-order chi connectivity index (χ0) is 14.4. The van der Waals surface area contributed by atoms with E-state index in [1.54, 1.807) is 13.8 Å². The van der Waals surface area contributed by atoms with Gasteiger partial charge in [-0.2, -0.15) is 0 Å². The molecule has 1 aliphatic rings. The van der Waals surface area contributed by atoms with E-state index in [0.717, 1.165) is 11.8 Å². The van der Waals surface area contributed by atoms with Crippen LogP contribution in [-0.2, 0) is 23.9 Å². The lowest BCUT2D eigenvalue weighted by molar-refractivity contribution is -0.144. The van der Waals surface area contributed by atoms with Gasteiger partial charge >= 0.3 is 11.9 Å². The normalized spacial score (nSPS) is 20.8. The van der Waals surface area contributed by atoms with E-state index in [-0.39, 0.29) is 30.0 Å². The summed E-state index contributed by atoms with van der Waals surface area (Å²) in [5, 5.41) is 2.31. The van der Waals surface area contributed by atoms with Gasteiger partial charge in [0.1, 0.15) is 9.73 Å². The van der Waals surface area contributed by atoms with Crippen molar-refractivity contribution < 1.29 is 23.9 Å². The van der Waals surface area contributed by atoms with Crippen molar-refractivity contribution in [3.63, 3.8) is 0 Å². The maximum absolute atomic E-state index is 11.7. The van der Waals surface area contributed by atoms with Crippen molar-refractivity contribution in [2.24, 2.45) is 0 Å². The Morgan fingerprint density at radius 3 is 2.53 bits per heavy atom. The molecule has 1 N–H and O–H groups in total. The lowest BCUT2D eigenvalue weighted by atomic mass is 10.3. The molecular weight excluding hydrogens is 338 g/mol. The second kappa shape index (κ2) is 7.54. The van der Waals surface area contributed by atoms with Crippen molar-refractivity contribution >= 4 is 45.5 Å². The van der Waals surface area contributed by atoms with Crippen molar-refractivity contribution in [2.45, 2.75) is 25.5 Å². The van der Waals surface area contributed by atoms with E-state index in [4.69, 9.17) is 9.47 Å². The molecule has 19 heavy (non-hydrogen) atoms. The summed E-state index contributed by atoms with van der Waals surface area (Å²) in [5.74, 6) is -1.32. The topological polar surface area (TPSA) is 81.7 Å². The van der Waals surface area contributed by atoms with Gasteiger partial charge in [-0.25, -0.2) is 4.79 Å². The Morgan fingerprint density at radius 1 is 1.32 bits per heavy atom. The SMILES string of the molecule is CCOC(=O)CC1S/C(=C(\Br)C(=O)OCC)NC1=O. The molecule has 1 heterocycles. The minimum absolute atomic E-state index is 0.0308. The van der Waals surface area contributed by atoms with Gasteiger partial charge in [0, 0.05) is 0 Å². The molecule has 0 aromatic rings. The minimum Gasteiger partial charge on any atom is -0.466 e. The number of carbonyl (C=O) groups is 3. The smallest absolute Gasteiger partial charge is 0.347 e. The van der Waals surface area contributed by atoms with Gasteiger partial charge in [0.15, 0.2) is 0 Å². The molecule has 8 heteroatoms. The quantitative estimate of drug-likeness (QED) is 0.593. The summed E-state index contributed by atoms with van der Waals surface area (Å²) in [7, 11) is 0. The number of carbonyl (C=O) groups excluding carboxylic acids is 3. The highest BCUT2D eigenvalue weighted by Gasteiger charge is 2.34. The zero-order valence-corrected chi connectivity index (χ0v) is 12.9. The zero-order valence-electron chi connectivity index (χ0n) is 10.5. The first kappa shape index (κ1) is 16.0. The van der Waals surface area contributed by atoms with E-state index in [0.29, 0.717) is 5.03 Å². The molecule has 0 radical (unpaired) electrons. The molecule has 0 saturated carbocycles. The van der Waals surface area contributed by atoms with Gasteiger partial charge in [0.2, 0.25) is 5.91 Å². The maximum Gasteiger partial charge on any atom is 0.347 e. The average molecular weight is 352 g/mol. The number of halogens is 1. The van der Waals surface area contributed by atoms with Gasteiger partial charge in [-0.1, -0.05) is 11.8 Å². The van der Waals surface area contributed by atoms with Crippen LogP contribution < -0.4 is 5.32 Å². The summed E-state index contributed by atoms with van der Waals surface area (Å²) in [6.07, 6.45) is -0.0308. The molecule has 0 spiro atoms. The van der Waals surface area contributed by atoms with Crippen molar-refractivity contribution in [3.05, 3.63) is 9.51 Å². The molecule has 0 bridgehead atoms. The van der Waals surface area contributed by atoms with Gasteiger partial charge in [0.05, 0.1) is 24.7 Å². The molecule has 0 aliphatic carbocycles. The number of thioether (sulfide) groups is 1. The van der Waals surface area contributed by atoms with Gasteiger partial charge < -0.3 is 14.8 Å². The predicted octanol–water partition coefficient (Wildman–Crippen LogP) is 1.30. The number of ether oxygens (including phenoxy) is 2. The van der Waals surface area contributed by atoms with Gasteiger partial charge in [-0.3, -0.25) is 9.59 Å². The second-order valence-corrected chi connectivity index (χ2v) is 5.47. The van der Waals surface area contributed by atoms with Gasteiger partial charge in [-0.05, 0) is 29.8 Å². The van der Waals surface area contributed by atoms with E-state index < -0.39 is 17.2 Å². The summed E-state index contributed by atoms with van der Waals surface area (Å²) in [6.45, 7) is 3.90. The number of esters is 2. The third kappa shape index (κ3) is 4.54. The van der Waals surface area contributed by atoms with Crippen LogP contribution in [0.15, 0.2) is 9.51 Å². The van der Waals surface area contributed by atoms with E-state index in [1.165, 1.54) is 0 Å². The Balaban J connectivity index is 2.68. The fraction of sp³-hybridized carbons (Fsp3) is 0.545. The van der Waals surface area contributed by atoms with Gasteiger partial charge in [0.25, 0.3) is 0 Å². The lowest BCUT2D eigenvalue weighted by Crippen LogP contribution is -2.25. The molecule has 1 atom stereocenters. The first-order valence-electron chi connectivity index (χ1n) is 5.69. The average Bonchev–Trinajstić information content (AvgIpc) is 2.70. The summed E-state index contributed by atoms with van der Waals surface area (Å²) in [4.78, 5) is 34.5. The van der Waals surface area contributed by atoms with Crippen LogP contribution in [-0.4, -0.2) is 36.3 Å². The van der Waals surface area contributed by atoms with Crippen LogP contribution in [0.2, 0.25) is 0 Å². The number of hydrogen-bond acceptors (Lipinski definition) is 6. The fourth-order valence-electron chi connectivity index (χ4n) is 1.32. The standard InChI is InChI=1S/C11H14BrNO5S/c1-3-17-7(14)5-6-9(15)13-10(19-6)8(12)11(16)18-4-2/h6H,3-5H2,1-2H3,(H,13,15)/b10-8-. The number of hydrogen-bond donors (Lipinski definition) is 1. The third-order valence-electron chi connectivity index (χ3n) is 2.10. The number of amides is 1. The van der Waals surface area contributed by atoms with Crippen molar-refractivity contribution in [1.82, 2.24) is 5.32 Å². The second-order valence-electron chi connectivity index (χ2n) is 3.47. The van der Waals surface area contributed by atoms with Crippen LogP contribution in [0.1, 0.15) is 20.3 Å². The molecule has 0 aromatic heterocycles. The van der Waals surface area contributed by atoms with Crippen LogP contribution in [0.25, 0.3) is 0 Å². The Morgan fingerprint density at radius 2 is 1.95 bits per heavy atom. The highest BCUT2D eigenvalue weighted by Crippen LogP contribution is 2.33. The van der Waals surface area contributed by atoms with E-state index in [2.05, 4.69) is 21.2 Å². The van der Waals surface area contributed by atoms with Crippen LogP contribution in [0.4, 0.5) is 0 Å². The molecule has 1 saturated heterocycles. The maximum atomic E-state index is 11.7. The lowest BCUT2D eigenvalue weighted by Gasteiger charge is -2.05. The molecule has 1 rings (SSSR count). The monoisotopic (exact) mass is 351 g/mol. The van der Waals surface area contributed by atoms with E-state index in [9.17, 15) is 14.4 Å². The molecule has 1 aliphatic heterocycles. The van der Waals surface area contributed by atoms with Crippen molar-refractivity contribution in [3.8, 4) is 0 Å². The van der Waals surface area contributed by atoms with E-state index >= 15 is 0 Å². The van der Waals surface area contributed by atoms with Crippen molar-refractivity contribution in [1.29, 1.82) is 0 Å². The molecule has 106 valence electrons. The Kier molecular flexibility index (Phi) is 6.36. The summed E-state index contributed by atoms with van der Waals surface area (Å²) in [6, 6.07) is 0. The van der Waals surface area contributed by atoms with Crippen LogP contribution in [0.5, 0.6) is 0 Å². The van der Waals surface area contributed by atoms with Crippen LogP contribution in [0, 0.1) is 0 Å². The highest BCUT2D eigenvalue weighted by molar-refractivity contribution is 9.12. The van der Waals surface area contributed by atoms with Crippen molar-refractivity contribution in [2.75, 3.05) is 13.2 Å². The summed E-state index contributed by atoms with van der Waals surface area (Å²) in [5.41, 5.74) is 0.